The van der Waals surface area contributed by atoms with Gasteiger partial charge < -0.3 is 15.2 Å². The van der Waals surface area contributed by atoms with E-state index in [1.165, 1.54) is 24.4 Å². The molecule has 2 aromatic rings. The number of hydrogen-bond donors (Lipinski definition) is 3. The number of hydrogen-bond acceptors (Lipinski definition) is 3. The van der Waals surface area contributed by atoms with Crippen molar-refractivity contribution >= 4 is 0 Å². The van der Waals surface area contributed by atoms with E-state index in [0.29, 0.717) is 5.56 Å². The Labute approximate surface area is 85.5 Å². The Hall–Kier alpha value is -2.23. The molecule has 1 aromatic carbocycles. The summed E-state index contributed by atoms with van der Waals surface area (Å²) in [5.74, 6) is -0.0560. The maximum atomic E-state index is 11.5. The second kappa shape index (κ2) is 3.49. The van der Waals surface area contributed by atoms with Crippen molar-refractivity contribution in [3.63, 3.8) is 0 Å². The summed E-state index contributed by atoms with van der Waals surface area (Å²) >= 11 is 0. The summed E-state index contributed by atoms with van der Waals surface area (Å²) in [6.07, 6.45) is 1.37. The second-order valence-corrected chi connectivity index (χ2v) is 3.12. The van der Waals surface area contributed by atoms with Gasteiger partial charge in [-0.3, -0.25) is 4.79 Å². The number of rotatable bonds is 1. The molecule has 0 amide bonds. The molecule has 15 heavy (non-hydrogen) atoms. The number of aromatic amines is 1. The monoisotopic (exact) mass is 203 g/mol. The van der Waals surface area contributed by atoms with Gasteiger partial charge in [0.05, 0.1) is 5.56 Å². The second-order valence-electron chi connectivity index (χ2n) is 3.12. The predicted molar refractivity (Wildman–Crippen MR) is 55.8 cm³/mol. The predicted octanol–water partition coefficient (Wildman–Crippen LogP) is 1.45. The van der Waals surface area contributed by atoms with Gasteiger partial charge in [-0.2, -0.15) is 0 Å². The Kier molecular flexibility index (Phi) is 2.17. The molecule has 0 aliphatic carbocycles. The number of aromatic hydroxyl groups is 2. The number of benzene rings is 1. The van der Waals surface area contributed by atoms with E-state index in [0.717, 1.165) is 0 Å². The summed E-state index contributed by atoms with van der Waals surface area (Å²) in [5.41, 5.74) is 0.253. The fourth-order valence-corrected chi connectivity index (χ4v) is 1.41. The number of nitrogens with one attached hydrogen (secondary N) is 1. The maximum Gasteiger partial charge on any atom is 0.259 e. The smallest absolute Gasteiger partial charge is 0.259 e. The van der Waals surface area contributed by atoms with E-state index < -0.39 is 0 Å². The minimum Gasteiger partial charge on any atom is -0.508 e. The van der Waals surface area contributed by atoms with Gasteiger partial charge in [-0.05, 0) is 23.8 Å². The van der Waals surface area contributed by atoms with Gasteiger partial charge in [-0.25, -0.2) is 0 Å². The van der Waals surface area contributed by atoms with Crippen LogP contribution < -0.4 is 5.56 Å². The van der Waals surface area contributed by atoms with Crippen molar-refractivity contribution in [3.05, 3.63) is 46.9 Å². The van der Waals surface area contributed by atoms with Crippen LogP contribution in [0.3, 0.4) is 0 Å². The fraction of sp³-hybridized carbons (Fsp3) is 0. The summed E-state index contributed by atoms with van der Waals surface area (Å²) in [4.78, 5) is 13.9. The molecule has 0 bridgehead atoms. The highest BCUT2D eigenvalue weighted by molar-refractivity contribution is 5.69. The Bertz CT molecular complexity index is 546. The molecule has 0 saturated carbocycles. The van der Waals surface area contributed by atoms with E-state index in [2.05, 4.69) is 4.98 Å². The van der Waals surface area contributed by atoms with Crippen LogP contribution in [0.25, 0.3) is 11.1 Å². The molecule has 2 rings (SSSR count). The van der Waals surface area contributed by atoms with E-state index in [4.69, 9.17) is 0 Å². The summed E-state index contributed by atoms with van der Waals surface area (Å²) in [6.45, 7) is 0. The first-order valence-corrected chi connectivity index (χ1v) is 4.38. The van der Waals surface area contributed by atoms with E-state index in [-0.39, 0.29) is 22.6 Å². The first-order valence-electron chi connectivity index (χ1n) is 4.38. The third kappa shape index (κ3) is 1.69. The summed E-state index contributed by atoms with van der Waals surface area (Å²) < 4.78 is 0. The molecular weight excluding hydrogens is 194 g/mol. The number of aromatic nitrogens is 1. The molecule has 0 radical (unpaired) electrons. The average molecular weight is 203 g/mol. The third-order valence-corrected chi connectivity index (χ3v) is 2.07. The topological polar surface area (TPSA) is 73.3 Å². The lowest BCUT2D eigenvalue weighted by Gasteiger charge is -2.03. The summed E-state index contributed by atoms with van der Waals surface area (Å²) in [7, 11) is 0. The number of phenolic OH excluding ortho intramolecular Hbond substituents is 1. The molecule has 0 spiro atoms. The molecule has 1 aromatic heterocycles. The van der Waals surface area contributed by atoms with E-state index >= 15 is 0 Å². The van der Waals surface area contributed by atoms with Crippen molar-refractivity contribution in [3.8, 4) is 22.6 Å². The zero-order valence-corrected chi connectivity index (χ0v) is 7.77. The van der Waals surface area contributed by atoms with E-state index in [9.17, 15) is 15.0 Å². The van der Waals surface area contributed by atoms with Crippen molar-refractivity contribution in [1.82, 2.24) is 4.98 Å². The van der Waals surface area contributed by atoms with Gasteiger partial charge in [0.15, 0.2) is 0 Å². The minimum absolute atomic E-state index is 0.0511. The van der Waals surface area contributed by atoms with Gasteiger partial charge in [0, 0.05) is 6.20 Å². The Morgan fingerprint density at radius 3 is 2.60 bits per heavy atom. The molecule has 0 fully saturated rings. The van der Waals surface area contributed by atoms with Gasteiger partial charge in [0.2, 0.25) is 0 Å². The van der Waals surface area contributed by atoms with Crippen LogP contribution in [0.15, 0.2) is 41.3 Å². The van der Waals surface area contributed by atoms with Gasteiger partial charge in [-0.15, -0.1) is 0 Å². The quantitative estimate of drug-likeness (QED) is 0.656. The van der Waals surface area contributed by atoms with Crippen LogP contribution in [0.1, 0.15) is 0 Å². The molecule has 0 atom stereocenters. The lowest BCUT2D eigenvalue weighted by Crippen LogP contribution is -2.07. The highest BCUT2D eigenvalue weighted by Gasteiger charge is 2.08. The molecule has 0 saturated heterocycles. The van der Waals surface area contributed by atoms with Crippen molar-refractivity contribution in [1.29, 1.82) is 0 Å². The highest BCUT2D eigenvalue weighted by Crippen LogP contribution is 2.26. The van der Waals surface area contributed by atoms with Crippen molar-refractivity contribution in [2.45, 2.75) is 0 Å². The van der Waals surface area contributed by atoms with Gasteiger partial charge >= 0.3 is 0 Å². The van der Waals surface area contributed by atoms with Crippen molar-refractivity contribution in [2.24, 2.45) is 0 Å². The normalized spacial score (nSPS) is 10.1. The first-order chi connectivity index (χ1) is 7.18. The molecule has 3 N–H and O–H groups in total. The number of pyridine rings is 1. The van der Waals surface area contributed by atoms with Gasteiger partial charge in [-0.1, -0.05) is 12.1 Å². The Morgan fingerprint density at radius 2 is 1.93 bits per heavy atom. The molecule has 76 valence electrons. The van der Waals surface area contributed by atoms with E-state index in [1.54, 1.807) is 12.1 Å². The minimum atomic E-state index is -0.388. The van der Waals surface area contributed by atoms with Gasteiger partial charge in [0.1, 0.15) is 11.5 Å². The molecule has 1 heterocycles. The van der Waals surface area contributed by atoms with Crippen LogP contribution in [0.5, 0.6) is 11.5 Å². The average Bonchev–Trinajstić information content (AvgIpc) is 2.17. The van der Waals surface area contributed by atoms with Crippen molar-refractivity contribution < 1.29 is 10.2 Å². The lowest BCUT2D eigenvalue weighted by atomic mass is 10.1. The Morgan fingerprint density at radius 1 is 1.13 bits per heavy atom. The van der Waals surface area contributed by atoms with Crippen LogP contribution in [0, 0.1) is 0 Å². The van der Waals surface area contributed by atoms with Crippen LogP contribution in [-0.2, 0) is 0 Å². The highest BCUT2D eigenvalue weighted by atomic mass is 16.3. The Balaban J connectivity index is 2.69. The lowest BCUT2D eigenvalue weighted by molar-refractivity contribution is 0.473. The zero-order valence-electron chi connectivity index (χ0n) is 7.77. The standard InChI is InChI=1S/C11H9NO3/c13-8-3-1-2-7(6-8)10-9(14)4-5-12-11(10)15/h1-6,13H,(H2,12,14,15). The number of H-pyrrole nitrogens is 1. The van der Waals surface area contributed by atoms with E-state index in [1.807, 2.05) is 0 Å². The molecular formula is C11H9NO3. The van der Waals surface area contributed by atoms with Crippen LogP contribution in [0.4, 0.5) is 0 Å². The van der Waals surface area contributed by atoms with Gasteiger partial charge in [0.25, 0.3) is 5.56 Å². The molecule has 0 aliphatic heterocycles. The number of phenols is 1. The van der Waals surface area contributed by atoms with Crippen molar-refractivity contribution in [2.75, 3.05) is 0 Å². The molecule has 0 unspecified atom stereocenters. The SMILES string of the molecule is O=c1[nH]ccc(O)c1-c1cccc(O)c1. The van der Waals surface area contributed by atoms with Crippen LogP contribution in [-0.4, -0.2) is 15.2 Å². The third-order valence-electron chi connectivity index (χ3n) is 2.07. The summed E-state index contributed by atoms with van der Waals surface area (Å²) in [5, 5.41) is 18.8. The molecule has 4 heteroatoms. The molecule has 0 aliphatic rings. The van der Waals surface area contributed by atoms with Crippen LogP contribution in [0.2, 0.25) is 0 Å². The zero-order chi connectivity index (χ0) is 10.8. The first kappa shape index (κ1) is 9.33. The van der Waals surface area contributed by atoms with Crippen LogP contribution >= 0.6 is 0 Å². The largest absolute Gasteiger partial charge is 0.508 e. The summed E-state index contributed by atoms with van der Waals surface area (Å²) in [6, 6.07) is 7.56. The molecule has 4 nitrogen and oxygen atoms in total. The maximum absolute atomic E-state index is 11.5. The fourth-order valence-electron chi connectivity index (χ4n) is 1.41.